The zero-order valence-electron chi connectivity index (χ0n) is 61.0. The predicted octanol–water partition coefficient (Wildman–Crippen LogP) is 9.93. The summed E-state index contributed by atoms with van der Waals surface area (Å²) in [6.07, 6.45) is 4.01. The van der Waals surface area contributed by atoms with Crippen molar-refractivity contribution in [2.24, 2.45) is 47.3 Å². The van der Waals surface area contributed by atoms with E-state index in [1.807, 2.05) is 116 Å². The van der Waals surface area contributed by atoms with E-state index in [1.165, 1.54) is 20.3 Å². The van der Waals surface area contributed by atoms with Gasteiger partial charge in [0.15, 0.2) is 23.1 Å². The molecule has 2 saturated heterocycles. The molecule has 5 N–H and O–H groups in total. The molecule has 4 amide bonds. The van der Waals surface area contributed by atoms with E-state index in [1.54, 1.807) is 34.6 Å². The maximum Gasteiger partial charge on any atom is 0.332 e. The Hall–Kier alpha value is -6.88. The van der Waals surface area contributed by atoms with E-state index in [2.05, 4.69) is 35.1 Å². The topological polar surface area (TPSA) is 326 Å². The number of nitrogens with one attached hydrogen (secondary N) is 4. The highest BCUT2D eigenvalue weighted by atomic mass is 16.6. The molecule has 0 spiro atoms. The maximum atomic E-state index is 13.9. The first-order valence-corrected chi connectivity index (χ1v) is 34.6. The lowest BCUT2D eigenvalue weighted by atomic mass is 9.90. The lowest BCUT2D eigenvalue weighted by Gasteiger charge is -2.27. The molecule has 552 valence electrons. The number of ketones is 6. The van der Waals surface area contributed by atoms with Crippen molar-refractivity contribution in [2.45, 2.75) is 250 Å². The number of hydrogen-bond donors (Lipinski definition) is 5. The van der Waals surface area contributed by atoms with Crippen molar-refractivity contribution in [3.8, 4) is 0 Å². The minimum atomic E-state index is -1.23. The van der Waals surface area contributed by atoms with Crippen LogP contribution >= 0.6 is 0 Å². The van der Waals surface area contributed by atoms with Crippen LogP contribution in [-0.2, 0) is 94.1 Å². The van der Waals surface area contributed by atoms with Gasteiger partial charge in [-0.15, -0.1) is 0 Å². The number of esters is 1. The second kappa shape index (κ2) is 44.3. The summed E-state index contributed by atoms with van der Waals surface area (Å²) in [6.45, 7) is 29.7. The first-order chi connectivity index (χ1) is 45.3. The first kappa shape index (κ1) is 89.1. The van der Waals surface area contributed by atoms with E-state index < -0.39 is 125 Å². The molecule has 10 atom stereocenters. The Kier molecular flexibility index (Phi) is 40.3. The SMILES string of the molecule is C.CC(=O)C[C@@H](CCc1ccccc1)C(=O)N[C@@H](CC(C)C)C(=O)C[C@@H](COCC(=O)O)C(=O)N[C@@H](CC(C)C)C(=O)[C@@]1(C)CO1.CC(=O)C[C@@H](CCc1ccccc1)C(=O)N[C@@H](CC(C)C)C(=O)C[C@@H](COCC(=O)OC(C)(C)C)C(=O)N[C@@H](CC(C)C)C(=O)[C@@]1(C)CO1.CCC. The van der Waals surface area contributed by atoms with Crippen molar-refractivity contribution in [1.82, 2.24) is 21.3 Å². The summed E-state index contributed by atoms with van der Waals surface area (Å²) in [5.41, 5.74) is -0.602. The van der Waals surface area contributed by atoms with Crippen LogP contribution in [0.3, 0.4) is 0 Å². The molecule has 0 saturated carbocycles. The quantitative estimate of drug-likeness (QED) is 0.0304. The molecule has 0 radical (unpaired) electrons. The van der Waals surface area contributed by atoms with Crippen molar-refractivity contribution in [3.63, 3.8) is 0 Å². The van der Waals surface area contributed by atoms with Crippen LogP contribution in [0.2, 0.25) is 0 Å². The number of benzene rings is 2. The van der Waals surface area contributed by atoms with Crippen LogP contribution in [0.4, 0.5) is 0 Å². The predicted molar refractivity (Wildman–Crippen MR) is 375 cm³/mol. The first-order valence-electron chi connectivity index (χ1n) is 34.6. The Balaban J connectivity index is 0.000000936. The molecule has 0 unspecified atom stereocenters. The Morgan fingerprint density at radius 1 is 0.490 bits per heavy atom. The van der Waals surface area contributed by atoms with Gasteiger partial charge in [0.05, 0.1) is 62.4 Å². The maximum absolute atomic E-state index is 13.9. The fourth-order valence-corrected chi connectivity index (χ4v) is 10.8. The van der Waals surface area contributed by atoms with E-state index in [0.29, 0.717) is 51.4 Å². The summed E-state index contributed by atoms with van der Waals surface area (Å²) in [5.74, 6) is -8.73. The van der Waals surface area contributed by atoms with Crippen LogP contribution in [-0.4, -0.2) is 156 Å². The molecule has 2 aliphatic rings. The van der Waals surface area contributed by atoms with Crippen molar-refractivity contribution in [3.05, 3.63) is 71.8 Å². The van der Waals surface area contributed by atoms with Gasteiger partial charge in [-0.05, 0) is 135 Å². The lowest BCUT2D eigenvalue weighted by molar-refractivity contribution is -0.161. The highest BCUT2D eigenvalue weighted by Crippen LogP contribution is 2.32. The second-order valence-electron chi connectivity index (χ2n) is 29.2. The molecule has 2 heterocycles. The molecule has 0 bridgehead atoms. The van der Waals surface area contributed by atoms with Crippen molar-refractivity contribution < 1.29 is 86.3 Å². The largest absolute Gasteiger partial charge is 0.480 e. The molecule has 2 aromatic carbocycles. The third kappa shape index (κ3) is 36.3. The molecule has 2 aromatic rings. The van der Waals surface area contributed by atoms with Crippen LogP contribution < -0.4 is 21.3 Å². The van der Waals surface area contributed by atoms with Crippen molar-refractivity contribution in [2.75, 3.05) is 39.6 Å². The Morgan fingerprint density at radius 2 is 0.786 bits per heavy atom. The number of rotatable bonds is 44. The van der Waals surface area contributed by atoms with E-state index in [0.717, 1.165) is 11.1 Å². The summed E-state index contributed by atoms with van der Waals surface area (Å²) in [4.78, 5) is 156. The van der Waals surface area contributed by atoms with Crippen LogP contribution in [0.25, 0.3) is 0 Å². The fraction of sp³-hybridized carbons (Fsp3) is 0.684. The molecule has 2 fully saturated rings. The van der Waals surface area contributed by atoms with Crippen LogP contribution in [0, 0.1) is 47.3 Å². The van der Waals surface area contributed by atoms with E-state index >= 15 is 0 Å². The van der Waals surface area contributed by atoms with Gasteiger partial charge < -0.3 is 59.6 Å². The second-order valence-corrected chi connectivity index (χ2v) is 29.2. The summed E-state index contributed by atoms with van der Waals surface area (Å²) < 4.78 is 26.8. The highest BCUT2D eigenvalue weighted by molar-refractivity contribution is 6.00. The summed E-state index contributed by atoms with van der Waals surface area (Å²) in [5, 5.41) is 20.4. The Morgan fingerprint density at radius 3 is 1.07 bits per heavy atom. The molecule has 0 aromatic heterocycles. The van der Waals surface area contributed by atoms with Crippen molar-refractivity contribution >= 4 is 70.3 Å². The average molecular weight is 1380 g/mol. The van der Waals surface area contributed by atoms with Crippen LogP contribution in [0.1, 0.15) is 207 Å². The van der Waals surface area contributed by atoms with Gasteiger partial charge in [0.2, 0.25) is 23.6 Å². The molecule has 0 aliphatic carbocycles. The van der Waals surface area contributed by atoms with Gasteiger partial charge in [-0.1, -0.05) is 144 Å². The number of ether oxygens (including phenoxy) is 5. The molecular weight excluding hydrogens is 1260 g/mol. The van der Waals surface area contributed by atoms with Crippen molar-refractivity contribution in [1.29, 1.82) is 0 Å². The minimum absolute atomic E-state index is 0. The number of carboxylic acid groups (broad SMARTS) is 1. The van der Waals surface area contributed by atoms with E-state index in [-0.39, 0.29) is 106 Å². The zero-order chi connectivity index (χ0) is 73.4. The monoisotopic (exact) mass is 1380 g/mol. The van der Waals surface area contributed by atoms with E-state index in [4.69, 9.17) is 28.8 Å². The third-order valence-corrected chi connectivity index (χ3v) is 15.9. The van der Waals surface area contributed by atoms with Crippen LogP contribution in [0.5, 0.6) is 0 Å². The molecule has 22 nitrogen and oxygen atoms in total. The van der Waals surface area contributed by atoms with Gasteiger partial charge in [0.1, 0.15) is 41.6 Å². The molecule has 2 aliphatic heterocycles. The smallest absolute Gasteiger partial charge is 0.332 e. The summed E-state index contributed by atoms with van der Waals surface area (Å²) in [6, 6.07) is 15.7. The number of hydrogen-bond acceptors (Lipinski definition) is 17. The van der Waals surface area contributed by atoms with Gasteiger partial charge >= 0.3 is 11.9 Å². The zero-order valence-corrected chi connectivity index (χ0v) is 61.0. The molecular formula is C76H120N4O18. The summed E-state index contributed by atoms with van der Waals surface area (Å²) >= 11 is 0. The van der Waals surface area contributed by atoms with Gasteiger partial charge in [-0.3, -0.25) is 38.4 Å². The lowest BCUT2D eigenvalue weighted by Crippen LogP contribution is -2.50. The Bertz CT molecular complexity index is 2860. The summed E-state index contributed by atoms with van der Waals surface area (Å²) in [7, 11) is 0. The van der Waals surface area contributed by atoms with Gasteiger partial charge in [0.25, 0.3) is 0 Å². The molecule has 98 heavy (non-hydrogen) atoms. The van der Waals surface area contributed by atoms with Crippen LogP contribution in [0.15, 0.2) is 60.7 Å². The number of carboxylic acids is 1. The number of carbonyl (C=O) groups excluding carboxylic acids is 11. The normalized spacial score (nSPS) is 17.8. The highest BCUT2D eigenvalue weighted by Gasteiger charge is 2.51. The van der Waals surface area contributed by atoms with Gasteiger partial charge in [-0.2, -0.15) is 0 Å². The van der Waals surface area contributed by atoms with E-state index in [9.17, 15) is 57.5 Å². The van der Waals surface area contributed by atoms with Gasteiger partial charge in [-0.25, -0.2) is 9.59 Å². The number of aryl methyl sites for hydroxylation is 2. The number of aliphatic carboxylic acids is 1. The number of Topliss-reactive ketones (excluding diaryl/α,β-unsaturated/α-hetero) is 6. The third-order valence-electron chi connectivity index (χ3n) is 15.9. The number of epoxide rings is 2. The fourth-order valence-electron chi connectivity index (χ4n) is 10.8. The minimum Gasteiger partial charge on any atom is -0.480 e. The molecule has 4 rings (SSSR count). The van der Waals surface area contributed by atoms with Gasteiger partial charge in [0, 0.05) is 37.5 Å². The Labute approximate surface area is 583 Å². The average Bonchev–Trinajstić information content (AvgIpc) is 1.64. The number of carbonyl (C=O) groups is 12. The standard InChI is InChI=1S/C38H58N2O9.C34H50N2O9.C3H8.CH4/c1-24(2)17-30(39-35(45)28(19-26(5)41)16-15-27-13-11-10-12-14-27)32(42)20-29(21-47-22-33(43)49-37(6,7)8)36(46)40-31(18-25(3)4)34(44)38(9)23-48-38;1-21(2)14-27(35-32(42)25(16-23(5)37)13-12-24-10-8-7-9-11-24)29(38)17-26(18-44-19-30(39)40)33(43)36-28(15-22(3)4)31(41)34(6)20-45-34;1-3-2;/h10-14,24-25,28-31H,15-23H2,1-9H3,(H,39,45)(H,40,46);7-11,21-22,25-28H,12-20H2,1-6H3,(H,35,42)(H,36,43)(H,39,40);3H2,1-2H3;1H4/t28-,29+,30+,31+,38-;25-,26+,27+,28+,34-;;/m11../s1. The molecule has 22 heteroatoms. The number of amides is 4.